The number of thiazole rings is 6. The normalized spacial score (nSPS) is 12.7. The minimum atomic E-state index is -1.06. The number of aromatic carboxylic acids is 1. The van der Waals surface area contributed by atoms with E-state index in [1.165, 1.54) is 68.0 Å². The Morgan fingerprint density at radius 1 is 0.519 bits per heavy atom. The van der Waals surface area contributed by atoms with Crippen LogP contribution in [-0.4, -0.2) is 137 Å². The van der Waals surface area contributed by atoms with Gasteiger partial charge in [-0.2, -0.15) is 15.5 Å². The van der Waals surface area contributed by atoms with E-state index in [0.29, 0.717) is 148 Å². The number of fused-ring (bicyclic) bond motifs is 7. The van der Waals surface area contributed by atoms with Crippen molar-refractivity contribution in [3.8, 4) is 45.0 Å². The number of carboxylic acids is 1. The molecule has 3 aliphatic rings. The number of aliphatic hydroxyl groups is 3. The zero-order valence-electron chi connectivity index (χ0n) is 72.1. The summed E-state index contributed by atoms with van der Waals surface area (Å²) in [6, 6.07) is 68.6. The SMILES string of the molecule is C=C(O)c1nc(N2CCc3cccc(C(=O)Nc4nc5ccccc5s4)c3C2)sc1-c1ccc(CO)cc1.C=C(O)c1nc(N2CCc3cccc(C(=O)Nc4nc5ccccc5s4)c3C2)sc1CCCNc1n[nH]c(-c2ccc(O)cc2)c1C#N.O=C(Nc1nc2ccccc2s1)c1cccc2c1CN(c1nc(C(=O)O)c(CCCOc3cccc(-n4ncc5cccnc54)c3)s1)CC2. The van der Waals surface area contributed by atoms with Gasteiger partial charge >= 0.3 is 5.97 Å². The molecule has 12 heterocycles. The molecule has 0 bridgehead atoms. The molecule has 9 aromatic carbocycles. The number of nitriles is 1. The van der Waals surface area contributed by atoms with Crippen molar-refractivity contribution < 1.29 is 49.4 Å². The summed E-state index contributed by atoms with van der Waals surface area (Å²) in [5.41, 5.74) is 16.5. The minimum Gasteiger partial charge on any atom is -0.508 e. The van der Waals surface area contributed by atoms with Crippen molar-refractivity contribution in [3.63, 3.8) is 0 Å². The number of nitrogens with one attached hydrogen (secondary N) is 5. The molecular formula is C100H83N19O10S6. The standard InChI is InChI=1S/C36H29N7O4S2.C35H30N8O3S2.C29H24N4O3S2/c44-33(41-35-39-28-12-1-2-13-29(28)48-35)26-11-3-7-22-15-17-42(21-27(22)26)36-40-31(34(45)46)30(49-36)14-6-18-47-25-10-4-9-24(19-25)43-32-23(20-38-43)8-5-16-37-32;1-20(44)30-29(10-5-16-37-32-25(18-36)31(41-42-32)22-11-13-23(45)14-12-22)48-35(39-30)43-17-15-21-6-4-7-24(26(21)19-43)33(46)40-34-38-27-8-2-3-9-28(27)47-34;1-17(35)25-26(20-11-9-18(16-34)10-12-20)38-29(31-25)33-14-13-19-5-4-6-21(22(19)15-33)27(36)32-28-30-23-7-2-3-8-24(23)37-28/h1-5,7-13,16,19-20H,6,14-15,17-18,21H2,(H,45,46)(H,39,41,44);2-4,6-9,11-14,44-45H,1,5,10,15-17,19H2,(H2,37,41,42)(H,38,40,46);2-12,34-35H,1,13-16H2,(H,30,32,36). The van der Waals surface area contributed by atoms with Crippen molar-refractivity contribution in [2.24, 2.45) is 0 Å². The highest BCUT2D eigenvalue weighted by Gasteiger charge is 2.32. The van der Waals surface area contributed by atoms with Crippen LogP contribution in [0.4, 0.5) is 36.6 Å². The molecule has 10 N–H and O–H groups in total. The molecular weight excluding hydrogens is 1820 g/mol. The Kier molecular flexibility index (Phi) is 26.0. The van der Waals surface area contributed by atoms with Gasteiger partial charge in [0.05, 0.1) is 66.3 Å². The average molecular weight is 1900 g/mol. The van der Waals surface area contributed by atoms with Crippen LogP contribution in [0, 0.1) is 11.3 Å². The maximum absolute atomic E-state index is 13.5. The number of hydrogen-bond acceptors (Lipinski definition) is 29. The first-order valence-corrected chi connectivity index (χ1v) is 48.1. The number of carbonyl (C=O) groups excluding carboxylic acids is 3. The molecule has 0 saturated heterocycles. The zero-order valence-corrected chi connectivity index (χ0v) is 77.0. The van der Waals surface area contributed by atoms with Crippen LogP contribution in [0.2, 0.25) is 0 Å². The summed E-state index contributed by atoms with van der Waals surface area (Å²) in [4.78, 5) is 93.4. The van der Waals surface area contributed by atoms with Crippen molar-refractivity contribution in [2.75, 3.05) is 68.8 Å². The predicted molar refractivity (Wildman–Crippen MR) is 534 cm³/mol. The van der Waals surface area contributed by atoms with Crippen LogP contribution in [0.25, 0.3) is 80.6 Å². The second kappa shape index (κ2) is 39.6. The summed E-state index contributed by atoms with van der Waals surface area (Å²) in [7, 11) is 0. The number of phenolic OH excluding ortho intramolecular Hbond substituents is 1. The molecule has 3 amide bonds. The molecule has 0 saturated carbocycles. The lowest BCUT2D eigenvalue weighted by Crippen LogP contribution is -2.32. The Bertz CT molecular complexity index is 7520. The van der Waals surface area contributed by atoms with Gasteiger partial charge < -0.3 is 50.3 Å². The van der Waals surface area contributed by atoms with Crippen LogP contribution in [-0.2, 0) is 58.3 Å². The Hall–Kier alpha value is -15.4. The minimum absolute atomic E-state index is 0.0319. The number of aryl methyl sites for hydroxylation is 2. The van der Waals surface area contributed by atoms with Gasteiger partial charge in [-0.25, -0.2) is 44.4 Å². The van der Waals surface area contributed by atoms with E-state index in [4.69, 9.17) is 14.7 Å². The smallest absolute Gasteiger partial charge is 0.355 e. The summed E-state index contributed by atoms with van der Waals surface area (Å²) in [5, 5.41) is 88.1. The fraction of sp³-hybridized carbons (Fsp3) is 0.160. The summed E-state index contributed by atoms with van der Waals surface area (Å²) < 4.78 is 10.9. The number of aliphatic hydroxyl groups excluding tert-OH is 3. The Balaban J connectivity index is 0.000000131. The van der Waals surface area contributed by atoms with Gasteiger partial charge in [0, 0.05) is 95.5 Å². The Labute approximate surface area is 796 Å². The second-order valence-electron chi connectivity index (χ2n) is 31.9. The number of rotatable bonds is 26. The van der Waals surface area contributed by atoms with Crippen molar-refractivity contribution in [1.82, 2.24) is 54.9 Å². The number of pyridine rings is 1. The summed E-state index contributed by atoms with van der Waals surface area (Å²) >= 11 is 8.71. The summed E-state index contributed by atoms with van der Waals surface area (Å²) in [5.74, 6) is -0.558. The lowest BCUT2D eigenvalue weighted by atomic mass is 9.94. The van der Waals surface area contributed by atoms with Gasteiger partial charge in [-0.05, 0) is 193 Å². The van der Waals surface area contributed by atoms with E-state index in [1.807, 2.05) is 176 Å². The van der Waals surface area contributed by atoms with E-state index < -0.39 is 5.97 Å². The lowest BCUT2D eigenvalue weighted by molar-refractivity contribution is 0.0689. The van der Waals surface area contributed by atoms with Crippen molar-refractivity contribution in [3.05, 3.63) is 326 Å². The molecule has 18 aromatic rings. The fourth-order valence-electron chi connectivity index (χ4n) is 16.5. The number of amides is 3. The maximum Gasteiger partial charge on any atom is 0.355 e. The van der Waals surface area contributed by atoms with Crippen LogP contribution in [0.15, 0.2) is 238 Å². The first-order valence-electron chi connectivity index (χ1n) is 43.2. The lowest BCUT2D eigenvalue weighted by Gasteiger charge is -2.29. The monoisotopic (exact) mass is 1900 g/mol. The third kappa shape index (κ3) is 19.5. The van der Waals surface area contributed by atoms with Gasteiger partial charge in [-0.15, -0.1) is 22.7 Å². The third-order valence-electron chi connectivity index (χ3n) is 23.2. The molecule has 29 nitrogen and oxygen atoms in total. The van der Waals surface area contributed by atoms with Crippen LogP contribution in [0.1, 0.15) is 120 Å². The number of carbonyl (C=O) groups is 4. The Morgan fingerprint density at radius 3 is 1.52 bits per heavy atom. The van der Waals surface area contributed by atoms with Gasteiger partial charge in [-0.1, -0.05) is 162 Å². The fourth-order valence-corrected chi connectivity index (χ4v) is 22.4. The van der Waals surface area contributed by atoms with Crippen LogP contribution in [0.5, 0.6) is 11.5 Å². The highest BCUT2D eigenvalue weighted by Crippen LogP contribution is 2.43. The number of aromatic amines is 1. The average Bonchev–Trinajstić information content (AvgIpc) is 1.72. The van der Waals surface area contributed by atoms with E-state index in [0.717, 1.165) is 143 Å². The Morgan fingerprint density at radius 2 is 1.01 bits per heavy atom. The summed E-state index contributed by atoms with van der Waals surface area (Å²) in [6.07, 6.45) is 8.18. The molecule has 0 spiro atoms. The highest BCUT2D eigenvalue weighted by molar-refractivity contribution is 7.23. The first kappa shape index (κ1) is 88.8. The van der Waals surface area contributed by atoms with Gasteiger partial charge in [0.2, 0.25) is 0 Å². The number of phenols is 1. The number of H-pyrrole nitrogens is 1. The molecule has 674 valence electrons. The van der Waals surface area contributed by atoms with E-state index >= 15 is 0 Å². The number of carboxylic acid groups (broad SMARTS) is 1. The molecule has 0 radical (unpaired) electrons. The van der Waals surface area contributed by atoms with E-state index in [1.54, 1.807) is 41.3 Å². The number of anilines is 7. The quantitative estimate of drug-likeness (QED) is 0.0178. The molecule has 0 unspecified atom stereocenters. The molecule has 35 heteroatoms. The van der Waals surface area contributed by atoms with Gasteiger partial charge in [0.25, 0.3) is 17.7 Å². The number of aromatic nitrogens is 11. The molecule has 9 aromatic heterocycles. The number of ether oxygens (including phenoxy) is 1. The van der Waals surface area contributed by atoms with Gasteiger partial charge in [0.1, 0.15) is 46.0 Å². The maximum atomic E-state index is 13.5. The van der Waals surface area contributed by atoms with Crippen molar-refractivity contribution >= 4 is 182 Å². The van der Waals surface area contributed by atoms with E-state index in [2.05, 4.69) is 108 Å². The van der Waals surface area contributed by atoms with Crippen molar-refractivity contribution in [2.45, 2.75) is 71.2 Å². The second-order valence-corrected chi connectivity index (χ2v) is 38.1. The third-order valence-corrected chi connectivity index (χ3v) is 29.5. The zero-order chi connectivity index (χ0) is 92.7. The van der Waals surface area contributed by atoms with Crippen LogP contribution in [0.3, 0.4) is 0 Å². The molecule has 135 heavy (non-hydrogen) atoms. The topological polar surface area (TPSA) is 397 Å². The highest BCUT2D eigenvalue weighted by atomic mass is 32.1. The summed E-state index contributed by atoms with van der Waals surface area (Å²) in [6.45, 7) is 12.0. The van der Waals surface area contributed by atoms with Crippen LogP contribution >= 0.6 is 68.0 Å². The van der Waals surface area contributed by atoms with E-state index in [9.17, 15) is 50.0 Å². The van der Waals surface area contributed by atoms with Crippen molar-refractivity contribution in [1.29, 1.82) is 5.26 Å². The molecule has 3 aliphatic heterocycles. The van der Waals surface area contributed by atoms with Gasteiger partial charge in [-0.3, -0.25) is 35.4 Å². The number of nitrogens with zero attached hydrogens (tertiary/aromatic N) is 14. The van der Waals surface area contributed by atoms with Gasteiger partial charge in [0.15, 0.2) is 47.9 Å². The van der Waals surface area contributed by atoms with Crippen LogP contribution < -0.4 is 40.7 Å². The molecule has 21 rings (SSSR count). The predicted octanol–water partition coefficient (Wildman–Crippen LogP) is 20.4. The molecule has 0 aliphatic carbocycles. The van der Waals surface area contributed by atoms with E-state index in [-0.39, 0.29) is 47.3 Å². The number of para-hydroxylation sites is 3. The first-order chi connectivity index (χ1) is 65.9. The molecule has 0 atom stereocenters. The number of benzene rings is 9. The number of aromatic hydroxyl groups is 1. The molecule has 0 fully saturated rings. The number of hydrogen-bond donors (Lipinski definition) is 10. The largest absolute Gasteiger partial charge is 0.508 e.